The maximum atomic E-state index is 14.0. The summed E-state index contributed by atoms with van der Waals surface area (Å²) >= 11 is 0. The first-order valence-electron chi connectivity index (χ1n) is 9.55. The van der Waals surface area contributed by atoms with Crippen molar-refractivity contribution in [1.82, 2.24) is 4.90 Å². The van der Waals surface area contributed by atoms with Crippen molar-refractivity contribution >= 4 is 5.91 Å². The highest BCUT2D eigenvalue weighted by Gasteiger charge is 2.33. The molecule has 1 aliphatic heterocycles. The number of carbonyl (C=O) groups excluding carboxylic acids is 1. The minimum atomic E-state index is -0.459. The van der Waals surface area contributed by atoms with E-state index in [1.807, 2.05) is 4.90 Å². The molecule has 0 unspecified atom stereocenters. The van der Waals surface area contributed by atoms with Crippen LogP contribution in [0.1, 0.15) is 56.9 Å². The molecule has 0 spiro atoms. The van der Waals surface area contributed by atoms with Crippen LogP contribution < -0.4 is 5.73 Å². The van der Waals surface area contributed by atoms with E-state index in [4.69, 9.17) is 10.5 Å². The Labute approximate surface area is 153 Å². The molecule has 2 aliphatic rings. The lowest BCUT2D eigenvalue weighted by Crippen LogP contribution is -2.56. The van der Waals surface area contributed by atoms with Crippen molar-refractivity contribution in [1.29, 1.82) is 0 Å². The summed E-state index contributed by atoms with van der Waals surface area (Å²) in [6.07, 6.45) is 4.82. The number of hydrogen-bond acceptors (Lipinski definition) is 3. The average molecular weight is 366 g/mol. The third kappa shape index (κ3) is 4.23. The van der Waals surface area contributed by atoms with E-state index >= 15 is 0 Å². The lowest BCUT2D eigenvalue weighted by Gasteiger charge is -2.40. The molecule has 0 bridgehead atoms. The first-order chi connectivity index (χ1) is 12.5. The third-order valence-corrected chi connectivity index (χ3v) is 5.82. The summed E-state index contributed by atoms with van der Waals surface area (Å²) < 4.78 is 34.0. The zero-order valence-electron chi connectivity index (χ0n) is 15.3. The Bertz CT molecular complexity index is 612. The Morgan fingerprint density at radius 3 is 2.46 bits per heavy atom. The minimum Gasteiger partial charge on any atom is -0.376 e. The van der Waals surface area contributed by atoms with Crippen LogP contribution in [0.3, 0.4) is 0 Å². The summed E-state index contributed by atoms with van der Waals surface area (Å²) in [4.78, 5) is 13.6. The van der Waals surface area contributed by atoms with Gasteiger partial charge in [-0.25, -0.2) is 8.78 Å². The van der Waals surface area contributed by atoms with Gasteiger partial charge in [-0.2, -0.15) is 0 Å². The molecule has 3 rings (SSSR count). The van der Waals surface area contributed by atoms with Crippen LogP contribution in [0.5, 0.6) is 0 Å². The highest BCUT2D eigenvalue weighted by Crippen LogP contribution is 2.36. The van der Waals surface area contributed by atoms with Gasteiger partial charge in [0.1, 0.15) is 11.6 Å². The molecule has 0 radical (unpaired) electrons. The second-order valence-electron chi connectivity index (χ2n) is 7.53. The molecule has 0 aromatic heterocycles. The van der Waals surface area contributed by atoms with Crippen LogP contribution in [0.25, 0.3) is 0 Å². The summed E-state index contributed by atoms with van der Waals surface area (Å²) in [5, 5.41) is 0. The number of piperidine rings is 1. The first-order valence-corrected chi connectivity index (χ1v) is 9.55. The van der Waals surface area contributed by atoms with E-state index < -0.39 is 11.6 Å². The topological polar surface area (TPSA) is 55.6 Å². The maximum absolute atomic E-state index is 14.0. The number of ether oxygens (including phenoxy) is 1. The van der Waals surface area contributed by atoms with E-state index in [9.17, 15) is 13.6 Å². The van der Waals surface area contributed by atoms with Gasteiger partial charge in [0.2, 0.25) is 5.91 Å². The summed E-state index contributed by atoms with van der Waals surface area (Å²) in [7, 11) is 0. The van der Waals surface area contributed by atoms with E-state index in [-0.39, 0.29) is 35.6 Å². The van der Waals surface area contributed by atoms with Gasteiger partial charge in [-0.15, -0.1) is 0 Å². The SMILES string of the molecule is CC(=O)N1CCC[C@H](N)[C@@H]1COC1CCC(c2c(F)cccc2F)CC1. The van der Waals surface area contributed by atoms with E-state index in [0.29, 0.717) is 19.4 Å². The third-order valence-electron chi connectivity index (χ3n) is 5.82. The van der Waals surface area contributed by atoms with Crippen molar-refractivity contribution < 1.29 is 18.3 Å². The van der Waals surface area contributed by atoms with E-state index in [0.717, 1.165) is 32.2 Å². The monoisotopic (exact) mass is 366 g/mol. The quantitative estimate of drug-likeness (QED) is 0.889. The highest BCUT2D eigenvalue weighted by atomic mass is 19.1. The zero-order valence-corrected chi connectivity index (χ0v) is 15.3. The minimum absolute atomic E-state index is 0.0347. The van der Waals surface area contributed by atoms with E-state index in [1.54, 1.807) is 6.92 Å². The van der Waals surface area contributed by atoms with Gasteiger partial charge >= 0.3 is 0 Å². The van der Waals surface area contributed by atoms with Crippen LogP contribution in [-0.2, 0) is 9.53 Å². The standard InChI is InChI=1S/C20H28F2N2O2/c1-13(25)24-11-3-6-18(23)19(24)12-26-15-9-7-14(8-10-15)20-16(21)4-2-5-17(20)22/h2,4-5,14-15,18-19H,3,6-12,23H2,1H3/t14?,15?,18-,19-/m0/s1. The van der Waals surface area contributed by atoms with Crippen LogP contribution in [0, 0.1) is 11.6 Å². The molecule has 144 valence electrons. The Kier molecular flexibility index (Phi) is 6.24. The molecule has 1 heterocycles. The maximum Gasteiger partial charge on any atom is 0.219 e. The Morgan fingerprint density at radius 2 is 1.85 bits per heavy atom. The Hall–Kier alpha value is -1.53. The van der Waals surface area contributed by atoms with Gasteiger partial charge in [-0.05, 0) is 56.6 Å². The number of hydrogen-bond donors (Lipinski definition) is 1. The van der Waals surface area contributed by atoms with Crippen LogP contribution in [-0.4, -0.2) is 42.1 Å². The summed E-state index contributed by atoms with van der Waals surface area (Å²) in [6, 6.07) is 3.90. The van der Waals surface area contributed by atoms with Crippen LogP contribution in [0.4, 0.5) is 8.78 Å². The zero-order chi connectivity index (χ0) is 18.7. The Morgan fingerprint density at radius 1 is 1.19 bits per heavy atom. The van der Waals surface area contributed by atoms with Crippen molar-refractivity contribution in [3.05, 3.63) is 35.4 Å². The second kappa shape index (κ2) is 8.44. The molecule has 1 aromatic carbocycles. The second-order valence-corrected chi connectivity index (χ2v) is 7.53. The van der Waals surface area contributed by atoms with E-state index in [2.05, 4.69) is 0 Å². The van der Waals surface area contributed by atoms with Crippen molar-refractivity contribution in [3.8, 4) is 0 Å². The number of nitrogens with two attached hydrogens (primary N) is 1. The largest absolute Gasteiger partial charge is 0.376 e. The number of halogens is 2. The lowest BCUT2D eigenvalue weighted by atomic mass is 9.82. The van der Waals surface area contributed by atoms with Gasteiger partial charge in [-0.1, -0.05) is 6.07 Å². The predicted octanol–water partition coefficient (Wildman–Crippen LogP) is 3.35. The molecule has 1 saturated heterocycles. The van der Waals surface area contributed by atoms with Crippen LogP contribution in [0.2, 0.25) is 0 Å². The number of rotatable bonds is 4. The molecule has 26 heavy (non-hydrogen) atoms. The number of benzene rings is 1. The molecule has 2 N–H and O–H groups in total. The molecule has 1 saturated carbocycles. The van der Waals surface area contributed by atoms with Crippen molar-refractivity contribution in [2.45, 2.75) is 69.6 Å². The molecule has 4 nitrogen and oxygen atoms in total. The number of amides is 1. The lowest BCUT2D eigenvalue weighted by molar-refractivity contribution is -0.135. The van der Waals surface area contributed by atoms with E-state index in [1.165, 1.54) is 18.2 Å². The average Bonchev–Trinajstić information content (AvgIpc) is 2.61. The highest BCUT2D eigenvalue weighted by molar-refractivity contribution is 5.73. The van der Waals surface area contributed by atoms with Crippen LogP contribution in [0.15, 0.2) is 18.2 Å². The Balaban J connectivity index is 1.53. The fourth-order valence-electron chi connectivity index (χ4n) is 4.34. The molecule has 2 atom stereocenters. The van der Waals surface area contributed by atoms with Gasteiger partial charge in [0.15, 0.2) is 0 Å². The van der Waals surface area contributed by atoms with Crippen molar-refractivity contribution in [3.63, 3.8) is 0 Å². The number of likely N-dealkylation sites (tertiary alicyclic amines) is 1. The smallest absolute Gasteiger partial charge is 0.219 e. The molecule has 1 aliphatic carbocycles. The van der Waals surface area contributed by atoms with Crippen molar-refractivity contribution in [2.75, 3.05) is 13.2 Å². The first kappa shape index (κ1) is 19.2. The van der Waals surface area contributed by atoms with Crippen LogP contribution >= 0.6 is 0 Å². The fourth-order valence-corrected chi connectivity index (χ4v) is 4.34. The molecule has 2 fully saturated rings. The van der Waals surface area contributed by atoms with Crippen molar-refractivity contribution in [2.24, 2.45) is 5.73 Å². The molecule has 1 amide bonds. The number of carbonyl (C=O) groups is 1. The molecular weight excluding hydrogens is 338 g/mol. The molecule has 1 aromatic rings. The predicted molar refractivity (Wildman–Crippen MR) is 95.7 cm³/mol. The summed E-state index contributed by atoms with van der Waals surface area (Å²) in [5.74, 6) is -0.978. The number of nitrogens with zero attached hydrogens (tertiary/aromatic N) is 1. The van der Waals surface area contributed by atoms with Gasteiger partial charge < -0.3 is 15.4 Å². The molecular formula is C20H28F2N2O2. The normalized spacial score (nSPS) is 29.6. The molecule has 6 heteroatoms. The summed E-state index contributed by atoms with van der Waals surface area (Å²) in [6.45, 7) is 2.74. The fraction of sp³-hybridized carbons (Fsp3) is 0.650. The van der Waals surface area contributed by atoms with Gasteiger partial charge in [0.25, 0.3) is 0 Å². The van der Waals surface area contributed by atoms with Gasteiger partial charge in [0, 0.05) is 25.1 Å². The summed E-state index contributed by atoms with van der Waals surface area (Å²) in [5.41, 5.74) is 6.41. The van der Waals surface area contributed by atoms with Gasteiger partial charge in [0.05, 0.1) is 18.8 Å². The van der Waals surface area contributed by atoms with Gasteiger partial charge in [-0.3, -0.25) is 4.79 Å².